The predicted octanol–water partition coefficient (Wildman–Crippen LogP) is 3.75. The number of hydrogen-bond donors (Lipinski definition) is 2. The van der Waals surface area contributed by atoms with E-state index in [4.69, 9.17) is 0 Å². The van der Waals surface area contributed by atoms with E-state index in [1.807, 2.05) is 47.4 Å². The van der Waals surface area contributed by atoms with E-state index in [-0.39, 0.29) is 11.9 Å². The van der Waals surface area contributed by atoms with Crippen molar-refractivity contribution in [1.82, 2.24) is 10.2 Å². The summed E-state index contributed by atoms with van der Waals surface area (Å²) in [5, 5.41) is 7.91. The summed E-state index contributed by atoms with van der Waals surface area (Å²) in [7, 11) is 0. The van der Waals surface area contributed by atoms with Gasteiger partial charge in [0.25, 0.3) is 0 Å². The van der Waals surface area contributed by atoms with Crippen LogP contribution in [0.4, 0.5) is 10.5 Å². The summed E-state index contributed by atoms with van der Waals surface area (Å²) in [5.41, 5.74) is 0.804. The molecular weight excluding hydrogens is 314 g/mol. The first-order valence-electron chi connectivity index (χ1n) is 9.04. The van der Waals surface area contributed by atoms with Crippen molar-refractivity contribution in [2.45, 2.75) is 32.1 Å². The highest BCUT2D eigenvalue weighted by molar-refractivity contribution is 6.01. The molecule has 0 unspecified atom stereocenters. The molecule has 1 heterocycles. The number of rotatable bonds is 5. The minimum absolute atomic E-state index is 0.210. The van der Waals surface area contributed by atoms with E-state index in [1.54, 1.807) is 0 Å². The molecule has 0 spiro atoms. The minimum atomic E-state index is -0.210. The molecular formula is C20H25N3O2. The molecule has 0 radical (unpaired) electrons. The lowest BCUT2D eigenvalue weighted by Crippen LogP contribution is -2.35. The Kier molecular flexibility index (Phi) is 5.88. The zero-order valence-electron chi connectivity index (χ0n) is 14.5. The second kappa shape index (κ2) is 8.51. The van der Waals surface area contributed by atoms with Crippen molar-refractivity contribution < 1.29 is 9.59 Å². The van der Waals surface area contributed by atoms with E-state index in [2.05, 4.69) is 10.6 Å². The highest BCUT2D eigenvalue weighted by Crippen LogP contribution is 2.22. The number of amides is 3. The zero-order chi connectivity index (χ0) is 17.5. The lowest BCUT2D eigenvalue weighted by molar-refractivity contribution is -0.130. The second-order valence-corrected chi connectivity index (χ2v) is 6.45. The summed E-state index contributed by atoms with van der Waals surface area (Å²) in [6.45, 7) is 2.12. The summed E-state index contributed by atoms with van der Waals surface area (Å²) < 4.78 is 0. The van der Waals surface area contributed by atoms with E-state index in [9.17, 15) is 9.59 Å². The maximum Gasteiger partial charge on any atom is 0.319 e. The molecule has 2 aromatic carbocycles. The third kappa shape index (κ3) is 4.72. The fourth-order valence-electron chi connectivity index (χ4n) is 3.25. The molecule has 1 fully saturated rings. The average Bonchev–Trinajstić information content (AvgIpc) is 2.83. The predicted molar refractivity (Wildman–Crippen MR) is 101 cm³/mol. The van der Waals surface area contributed by atoms with Crippen LogP contribution in [0.15, 0.2) is 42.5 Å². The number of carbonyl (C=O) groups excluding carboxylic acids is 2. The third-order valence-electron chi connectivity index (χ3n) is 4.60. The molecule has 5 nitrogen and oxygen atoms in total. The first kappa shape index (κ1) is 17.3. The van der Waals surface area contributed by atoms with Gasteiger partial charge < -0.3 is 15.5 Å². The monoisotopic (exact) mass is 339 g/mol. The Morgan fingerprint density at radius 3 is 2.80 bits per heavy atom. The maximum atomic E-state index is 12.1. The number of fused-ring (bicyclic) bond motifs is 1. The normalized spacial score (nSPS) is 15.0. The summed E-state index contributed by atoms with van der Waals surface area (Å²) in [6, 6.07) is 13.6. The molecule has 5 heteroatoms. The Morgan fingerprint density at radius 1 is 1.04 bits per heavy atom. The van der Waals surface area contributed by atoms with Gasteiger partial charge in [-0.15, -0.1) is 0 Å². The Bertz CT molecular complexity index is 739. The summed E-state index contributed by atoms with van der Waals surface area (Å²) in [5.74, 6) is 0.248. The van der Waals surface area contributed by atoms with Gasteiger partial charge in [0.2, 0.25) is 5.91 Å². The summed E-state index contributed by atoms with van der Waals surface area (Å²) in [6.07, 6.45) is 4.65. The van der Waals surface area contributed by atoms with Gasteiger partial charge in [-0.25, -0.2) is 4.79 Å². The number of hydrogen-bond acceptors (Lipinski definition) is 2. The maximum absolute atomic E-state index is 12.1. The molecule has 3 amide bonds. The number of benzene rings is 2. The molecule has 132 valence electrons. The minimum Gasteiger partial charge on any atom is -0.343 e. The van der Waals surface area contributed by atoms with Crippen LogP contribution in [0.2, 0.25) is 0 Å². The molecule has 1 saturated heterocycles. The van der Waals surface area contributed by atoms with E-state index >= 15 is 0 Å². The largest absolute Gasteiger partial charge is 0.343 e. The van der Waals surface area contributed by atoms with Crippen molar-refractivity contribution in [2.24, 2.45) is 0 Å². The van der Waals surface area contributed by atoms with Crippen LogP contribution in [0.1, 0.15) is 32.1 Å². The molecule has 1 aliphatic heterocycles. The number of nitrogens with one attached hydrogen (secondary N) is 2. The quantitative estimate of drug-likeness (QED) is 0.815. The van der Waals surface area contributed by atoms with Crippen LogP contribution >= 0.6 is 0 Å². The van der Waals surface area contributed by atoms with Gasteiger partial charge in [-0.3, -0.25) is 4.79 Å². The van der Waals surface area contributed by atoms with Crippen molar-refractivity contribution >= 4 is 28.4 Å². The molecule has 3 rings (SSSR count). The Balaban J connectivity index is 1.46. The van der Waals surface area contributed by atoms with Crippen LogP contribution in [-0.4, -0.2) is 36.5 Å². The van der Waals surface area contributed by atoms with Crippen molar-refractivity contribution in [2.75, 3.05) is 25.0 Å². The molecule has 25 heavy (non-hydrogen) atoms. The highest BCUT2D eigenvalue weighted by Gasteiger charge is 2.15. The standard InChI is InChI=1S/C20H25N3O2/c24-19-12-2-1-5-14-23(19)15-7-13-21-20(25)22-18-11-6-9-16-8-3-4-10-17(16)18/h3-4,6,8-11H,1-2,5,7,12-15H2,(H2,21,22,25). The highest BCUT2D eigenvalue weighted by atomic mass is 16.2. The lowest BCUT2D eigenvalue weighted by atomic mass is 10.1. The van der Waals surface area contributed by atoms with Crippen LogP contribution < -0.4 is 10.6 Å². The third-order valence-corrected chi connectivity index (χ3v) is 4.60. The van der Waals surface area contributed by atoms with E-state index in [1.165, 1.54) is 0 Å². The molecule has 2 N–H and O–H groups in total. The number of anilines is 1. The number of urea groups is 1. The molecule has 2 aromatic rings. The van der Waals surface area contributed by atoms with Gasteiger partial charge >= 0.3 is 6.03 Å². The van der Waals surface area contributed by atoms with E-state index < -0.39 is 0 Å². The second-order valence-electron chi connectivity index (χ2n) is 6.45. The van der Waals surface area contributed by atoms with Crippen molar-refractivity contribution in [1.29, 1.82) is 0 Å². The topological polar surface area (TPSA) is 61.4 Å². The number of nitrogens with zero attached hydrogens (tertiary/aromatic N) is 1. The van der Waals surface area contributed by atoms with Crippen LogP contribution in [0.5, 0.6) is 0 Å². The smallest absolute Gasteiger partial charge is 0.319 e. The van der Waals surface area contributed by atoms with Gasteiger partial charge in [-0.2, -0.15) is 0 Å². The molecule has 0 atom stereocenters. The first-order chi connectivity index (χ1) is 12.2. The van der Waals surface area contributed by atoms with E-state index in [0.29, 0.717) is 19.5 Å². The fraction of sp³-hybridized carbons (Fsp3) is 0.400. The van der Waals surface area contributed by atoms with Gasteiger partial charge in [0.05, 0.1) is 5.69 Å². The molecule has 0 bridgehead atoms. The van der Waals surface area contributed by atoms with Crippen molar-refractivity contribution in [3.05, 3.63) is 42.5 Å². The molecule has 0 aliphatic carbocycles. The number of likely N-dealkylation sites (tertiary alicyclic amines) is 1. The Morgan fingerprint density at radius 2 is 1.88 bits per heavy atom. The van der Waals surface area contributed by atoms with Gasteiger partial charge in [-0.05, 0) is 30.7 Å². The van der Waals surface area contributed by atoms with Crippen LogP contribution in [0.3, 0.4) is 0 Å². The summed E-state index contributed by atoms with van der Waals surface area (Å²) in [4.78, 5) is 26.0. The Labute approximate surface area is 148 Å². The SMILES string of the molecule is O=C(NCCCN1CCCCCC1=O)Nc1cccc2ccccc12. The van der Waals surface area contributed by atoms with Gasteiger partial charge in [0.1, 0.15) is 0 Å². The van der Waals surface area contributed by atoms with Crippen molar-refractivity contribution in [3.63, 3.8) is 0 Å². The molecule has 0 saturated carbocycles. The number of carbonyl (C=O) groups is 2. The molecule has 1 aliphatic rings. The van der Waals surface area contributed by atoms with Gasteiger partial charge in [0.15, 0.2) is 0 Å². The van der Waals surface area contributed by atoms with Gasteiger partial charge in [-0.1, -0.05) is 42.8 Å². The first-order valence-corrected chi connectivity index (χ1v) is 9.04. The average molecular weight is 339 g/mol. The van der Waals surface area contributed by atoms with Gasteiger partial charge in [0, 0.05) is 31.4 Å². The Hall–Kier alpha value is -2.56. The van der Waals surface area contributed by atoms with Crippen LogP contribution in [-0.2, 0) is 4.79 Å². The summed E-state index contributed by atoms with van der Waals surface area (Å²) >= 11 is 0. The van der Waals surface area contributed by atoms with E-state index in [0.717, 1.165) is 48.7 Å². The fourth-order valence-corrected chi connectivity index (χ4v) is 3.25. The van der Waals surface area contributed by atoms with Crippen LogP contribution in [0.25, 0.3) is 10.8 Å². The van der Waals surface area contributed by atoms with Crippen molar-refractivity contribution in [3.8, 4) is 0 Å². The van der Waals surface area contributed by atoms with Crippen LogP contribution in [0, 0.1) is 0 Å². The molecule has 0 aromatic heterocycles. The lowest BCUT2D eigenvalue weighted by Gasteiger charge is -2.20. The zero-order valence-corrected chi connectivity index (χ0v) is 14.5.